The molecule has 4 heterocycles. The van der Waals surface area contributed by atoms with Gasteiger partial charge >= 0.3 is 0 Å². The van der Waals surface area contributed by atoms with Crippen LogP contribution in [-0.4, -0.2) is 30.5 Å². The third kappa shape index (κ3) is 2.35. The smallest absolute Gasteiger partial charge is 0.266 e. The summed E-state index contributed by atoms with van der Waals surface area (Å²) >= 11 is 0. The molecule has 1 aromatic carbocycles. The third-order valence-electron chi connectivity index (χ3n) is 4.06. The number of H-pyrrole nitrogens is 1. The van der Waals surface area contributed by atoms with Crippen LogP contribution in [0.2, 0.25) is 0 Å². The van der Waals surface area contributed by atoms with Crippen molar-refractivity contribution in [3.8, 4) is 34.3 Å². The molecule has 8 heteroatoms. The minimum Gasteiger partial charge on any atom is -0.415 e. The van der Waals surface area contributed by atoms with Crippen LogP contribution in [0.5, 0.6) is 0 Å². The van der Waals surface area contributed by atoms with E-state index >= 15 is 0 Å². The Morgan fingerprint density at radius 1 is 0.962 bits per heavy atom. The van der Waals surface area contributed by atoms with Gasteiger partial charge in [-0.2, -0.15) is 5.10 Å². The second-order valence-electron chi connectivity index (χ2n) is 5.79. The van der Waals surface area contributed by atoms with Crippen LogP contribution in [0.1, 0.15) is 5.69 Å². The lowest BCUT2D eigenvalue weighted by Gasteiger charge is -1.94. The predicted octanol–water partition coefficient (Wildman–Crippen LogP) is 3.64. The van der Waals surface area contributed by atoms with Crippen molar-refractivity contribution in [1.29, 1.82) is 0 Å². The summed E-state index contributed by atoms with van der Waals surface area (Å²) in [6.45, 7) is 1.85. The van der Waals surface area contributed by atoms with Gasteiger partial charge in [0.1, 0.15) is 5.69 Å². The molecule has 0 atom stereocenters. The molecule has 0 saturated heterocycles. The summed E-state index contributed by atoms with van der Waals surface area (Å²) in [6.07, 6.45) is 1.62. The molecule has 1 N–H and O–H groups in total. The summed E-state index contributed by atoms with van der Waals surface area (Å²) in [7, 11) is 0. The standard InChI is InChI=1S/C18H12N6O2/c1-10-13-7-12(9-19-17(13)26-24-10)16-22-23-18(25-16)15-8-14(20-21-15)11-5-3-2-4-6-11/h2-9H,1H3,(H,20,21). The Hall–Kier alpha value is -3.81. The molecule has 4 aromatic heterocycles. The highest BCUT2D eigenvalue weighted by atomic mass is 16.5. The maximum Gasteiger partial charge on any atom is 0.266 e. The Labute approximate surface area is 146 Å². The van der Waals surface area contributed by atoms with Gasteiger partial charge in [-0.1, -0.05) is 35.5 Å². The van der Waals surface area contributed by atoms with E-state index in [4.69, 9.17) is 8.94 Å². The number of hydrogen-bond acceptors (Lipinski definition) is 7. The van der Waals surface area contributed by atoms with E-state index in [2.05, 4.69) is 30.5 Å². The van der Waals surface area contributed by atoms with Crippen molar-refractivity contribution in [2.75, 3.05) is 0 Å². The van der Waals surface area contributed by atoms with Gasteiger partial charge < -0.3 is 8.94 Å². The lowest BCUT2D eigenvalue weighted by atomic mass is 10.1. The molecule has 0 aliphatic rings. The van der Waals surface area contributed by atoms with Crippen molar-refractivity contribution >= 4 is 11.1 Å². The average Bonchev–Trinajstić information content (AvgIpc) is 3.42. The van der Waals surface area contributed by atoms with Crippen LogP contribution in [-0.2, 0) is 0 Å². The van der Waals surface area contributed by atoms with E-state index in [0.29, 0.717) is 28.8 Å². The topological polar surface area (TPSA) is 107 Å². The van der Waals surface area contributed by atoms with Gasteiger partial charge in [0.2, 0.25) is 5.89 Å². The molecule has 5 aromatic rings. The Balaban J connectivity index is 1.50. The fourth-order valence-electron chi connectivity index (χ4n) is 2.70. The first-order chi connectivity index (χ1) is 12.8. The molecule has 5 rings (SSSR count). The van der Waals surface area contributed by atoms with Gasteiger partial charge in [-0.05, 0) is 19.1 Å². The maximum absolute atomic E-state index is 5.79. The summed E-state index contributed by atoms with van der Waals surface area (Å²) < 4.78 is 10.9. The predicted molar refractivity (Wildman–Crippen MR) is 92.9 cm³/mol. The van der Waals surface area contributed by atoms with E-state index in [1.165, 1.54) is 0 Å². The Kier molecular flexibility index (Phi) is 3.14. The molecule has 26 heavy (non-hydrogen) atoms. The highest BCUT2D eigenvalue weighted by Crippen LogP contribution is 2.27. The number of benzene rings is 1. The van der Waals surface area contributed by atoms with Crippen molar-refractivity contribution < 1.29 is 8.94 Å². The highest BCUT2D eigenvalue weighted by molar-refractivity contribution is 5.80. The molecule has 0 aliphatic carbocycles. The maximum atomic E-state index is 5.79. The van der Waals surface area contributed by atoms with Crippen LogP contribution < -0.4 is 0 Å². The molecular formula is C18H12N6O2. The molecule has 126 valence electrons. The van der Waals surface area contributed by atoms with E-state index < -0.39 is 0 Å². The van der Waals surface area contributed by atoms with Crippen LogP contribution in [0.3, 0.4) is 0 Å². The first kappa shape index (κ1) is 14.5. The normalized spacial score (nSPS) is 11.3. The zero-order chi connectivity index (χ0) is 17.5. The number of aromatic amines is 1. The molecule has 8 nitrogen and oxygen atoms in total. The average molecular weight is 344 g/mol. The van der Waals surface area contributed by atoms with Gasteiger partial charge in [-0.3, -0.25) is 5.10 Å². The zero-order valence-corrected chi connectivity index (χ0v) is 13.7. The number of nitrogens with zero attached hydrogens (tertiary/aromatic N) is 5. The number of rotatable bonds is 3. The van der Waals surface area contributed by atoms with Gasteiger partial charge in [-0.15, -0.1) is 10.2 Å². The van der Waals surface area contributed by atoms with Gasteiger partial charge in [0.15, 0.2) is 0 Å². The van der Waals surface area contributed by atoms with E-state index in [0.717, 1.165) is 22.3 Å². The van der Waals surface area contributed by atoms with Crippen LogP contribution in [0.25, 0.3) is 45.4 Å². The van der Waals surface area contributed by atoms with Crippen molar-refractivity contribution in [2.24, 2.45) is 0 Å². The van der Waals surface area contributed by atoms with Crippen LogP contribution in [0, 0.1) is 6.92 Å². The van der Waals surface area contributed by atoms with Gasteiger partial charge in [0.25, 0.3) is 11.6 Å². The molecule has 0 amide bonds. The van der Waals surface area contributed by atoms with Crippen LogP contribution >= 0.6 is 0 Å². The SMILES string of the molecule is Cc1noc2ncc(-c3nnc(-c4cc(-c5ccccc5)n[nH]4)o3)cc12. The number of pyridine rings is 1. The number of nitrogens with one attached hydrogen (secondary N) is 1. The second-order valence-corrected chi connectivity index (χ2v) is 5.79. The van der Waals surface area contributed by atoms with Crippen molar-refractivity contribution in [3.05, 3.63) is 54.4 Å². The largest absolute Gasteiger partial charge is 0.415 e. The lowest BCUT2D eigenvalue weighted by Crippen LogP contribution is -1.81. The molecule has 0 fully saturated rings. The molecule has 0 spiro atoms. The van der Waals surface area contributed by atoms with Crippen molar-refractivity contribution in [3.63, 3.8) is 0 Å². The van der Waals surface area contributed by atoms with Gasteiger partial charge in [0.05, 0.1) is 22.3 Å². The lowest BCUT2D eigenvalue weighted by molar-refractivity contribution is 0.443. The fraction of sp³-hybridized carbons (Fsp3) is 0.0556. The quantitative estimate of drug-likeness (QED) is 0.532. The molecule has 0 bridgehead atoms. The summed E-state index contributed by atoms with van der Waals surface area (Å²) in [5.74, 6) is 0.725. The Morgan fingerprint density at radius 2 is 1.81 bits per heavy atom. The molecule has 0 unspecified atom stereocenters. The Bertz CT molecular complexity index is 1200. The summed E-state index contributed by atoms with van der Waals surface area (Å²) in [5.41, 5.74) is 4.40. The minimum atomic E-state index is 0.358. The highest BCUT2D eigenvalue weighted by Gasteiger charge is 2.15. The molecule has 0 radical (unpaired) electrons. The molecular weight excluding hydrogens is 332 g/mol. The van der Waals surface area contributed by atoms with Crippen molar-refractivity contribution in [2.45, 2.75) is 6.92 Å². The van der Waals surface area contributed by atoms with Gasteiger partial charge in [0, 0.05) is 11.8 Å². The van der Waals surface area contributed by atoms with Crippen LogP contribution in [0.4, 0.5) is 0 Å². The number of hydrogen-bond donors (Lipinski definition) is 1. The van der Waals surface area contributed by atoms with E-state index in [1.807, 2.05) is 49.4 Å². The third-order valence-corrected chi connectivity index (χ3v) is 4.06. The number of fused-ring (bicyclic) bond motifs is 1. The second kappa shape index (κ2) is 5.62. The first-order valence-electron chi connectivity index (χ1n) is 7.95. The first-order valence-corrected chi connectivity index (χ1v) is 7.95. The monoisotopic (exact) mass is 344 g/mol. The van der Waals surface area contributed by atoms with E-state index in [1.54, 1.807) is 6.20 Å². The van der Waals surface area contributed by atoms with Crippen LogP contribution in [0.15, 0.2) is 57.6 Å². The van der Waals surface area contributed by atoms with E-state index in [-0.39, 0.29) is 0 Å². The van der Waals surface area contributed by atoms with E-state index in [9.17, 15) is 0 Å². The minimum absolute atomic E-state index is 0.358. The molecule has 0 saturated carbocycles. The number of aryl methyl sites for hydroxylation is 1. The summed E-state index contributed by atoms with van der Waals surface area (Å²) in [6, 6.07) is 13.6. The Morgan fingerprint density at radius 3 is 2.69 bits per heavy atom. The summed E-state index contributed by atoms with van der Waals surface area (Å²) in [4.78, 5) is 4.23. The zero-order valence-electron chi connectivity index (χ0n) is 13.7. The van der Waals surface area contributed by atoms with Gasteiger partial charge in [-0.25, -0.2) is 4.98 Å². The molecule has 0 aliphatic heterocycles. The number of aromatic nitrogens is 6. The fourth-order valence-corrected chi connectivity index (χ4v) is 2.70. The van der Waals surface area contributed by atoms with Crippen molar-refractivity contribution in [1.82, 2.24) is 30.5 Å². The summed E-state index contributed by atoms with van der Waals surface area (Å²) in [5, 5.41) is 20.2.